The highest BCUT2D eigenvalue weighted by atomic mass is 32.2. The Morgan fingerprint density at radius 1 is 1.54 bits per heavy atom. The minimum absolute atomic E-state index is 0.0248. The van der Waals surface area contributed by atoms with Crippen LogP contribution < -0.4 is 10.6 Å². The summed E-state index contributed by atoms with van der Waals surface area (Å²) >= 11 is 2.00. The third-order valence-corrected chi connectivity index (χ3v) is 4.29. The molecule has 0 aromatic carbocycles. The van der Waals surface area contributed by atoms with Crippen LogP contribution in [0.4, 0.5) is 4.79 Å². The minimum Gasteiger partial charge on any atom is -0.332 e. The van der Waals surface area contributed by atoms with Crippen LogP contribution in [0.2, 0.25) is 0 Å². The van der Waals surface area contributed by atoms with E-state index in [0.717, 1.165) is 5.75 Å². The van der Waals surface area contributed by atoms with Crippen LogP contribution in [0.5, 0.6) is 0 Å². The fraction of sp³-hybridized carbons (Fsp3) is 0.889. The Morgan fingerprint density at radius 2 is 2.38 bits per heavy atom. The molecule has 74 valence electrons. The molecule has 0 aromatic heterocycles. The van der Waals surface area contributed by atoms with Gasteiger partial charge in [0.15, 0.2) is 0 Å². The van der Waals surface area contributed by atoms with Crippen LogP contribution in [0.1, 0.15) is 26.2 Å². The zero-order valence-electron chi connectivity index (χ0n) is 7.88. The summed E-state index contributed by atoms with van der Waals surface area (Å²) in [6, 6.07) is 0.806. The van der Waals surface area contributed by atoms with Crippen LogP contribution in [-0.2, 0) is 0 Å². The Kier molecular flexibility index (Phi) is 2.67. The first kappa shape index (κ1) is 9.19. The number of hydrogen-bond acceptors (Lipinski definition) is 2. The number of hydrogen-bond donors (Lipinski definition) is 2. The van der Waals surface area contributed by atoms with E-state index in [2.05, 4.69) is 17.6 Å². The van der Waals surface area contributed by atoms with Crippen molar-refractivity contribution in [3.8, 4) is 0 Å². The van der Waals surface area contributed by atoms with Gasteiger partial charge in [-0.1, -0.05) is 19.8 Å². The van der Waals surface area contributed by atoms with Crippen molar-refractivity contribution in [1.29, 1.82) is 0 Å². The van der Waals surface area contributed by atoms with E-state index in [0.29, 0.717) is 17.3 Å². The summed E-state index contributed by atoms with van der Waals surface area (Å²) in [6.45, 7) is 2.21. The number of carbonyl (C=O) groups is 1. The van der Waals surface area contributed by atoms with Gasteiger partial charge in [-0.15, -0.1) is 0 Å². The molecule has 2 heterocycles. The molecule has 0 aliphatic carbocycles. The quantitative estimate of drug-likeness (QED) is 0.675. The Labute approximate surface area is 83.0 Å². The van der Waals surface area contributed by atoms with Gasteiger partial charge in [0.2, 0.25) is 0 Å². The predicted octanol–water partition coefficient (Wildman–Crippen LogP) is 1.34. The SMILES string of the molecule is CCCC[C@@H]1SCC2NC(=O)NC21. The third-order valence-electron chi connectivity index (χ3n) is 2.78. The van der Waals surface area contributed by atoms with Gasteiger partial charge in [0.1, 0.15) is 0 Å². The van der Waals surface area contributed by atoms with Crippen LogP contribution in [0, 0.1) is 0 Å². The molecule has 13 heavy (non-hydrogen) atoms. The summed E-state index contributed by atoms with van der Waals surface area (Å²) in [6.07, 6.45) is 3.76. The largest absolute Gasteiger partial charge is 0.332 e. The van der Waals surface area contributed by atoms with E-state index in [-0.39, 0.29) is 6.03 Å². The molecule has 2 saturated heterocycles. The van der Waals surface area contributed by atoms with Gasteiger partial charge in [-0.05, 0) is 6.42 Å². The van der Waals surface area contributed by atoms with E-state index < -0.39 is 0 Å². The van der Waals surface area contributed by atoms with E-state index in [1.807, 2.05) is 11.8 Å². The Bertz CT molecular complexity index is 210. The molecule has 2 aliphatic rings. The molecule has 2 aliphatic heterocycles. The summed E-state index contributed by atoms with van der Waals surface area (Å²) in [5, 5.41) is 6.60. The first-order valence-corrected chi connectivity index (χ1v) is 6.04. The summed E-state index contributed by atoms with van der Waals surface area (Å²) in [7, 11) is 0. The molecule has 3 atom stereocenters. The molecule has 2 rings (SSSR count). The lowest BCUT2D eigenvalue weighted by atomic mass is 10.0. The summed E-state index contributed by atoms with van der Waals surface area (Å²) in [4.78, 5) is 11.0. The van der Waals surface area contributed by atoms with E-state index in [4.69, 9.17) is 0 Å². The van der Waals surface area contributed by atoms with Gasteiger partial charge in [-0.3, -0.25) is 0 Å². The molecule has 0 bridgehead atoms. The average Bonchev–Trinajstić information content (AvgIpc) is 2.61. The number of carbonyl (C=O) groups excluding carboxylic acids is 1. The second-order valence-corrected chi connectivity index (χ2v) is 5.04. The molecule has 0 aromatic rings. The van der Waals surface area contributed by atoms with Crippen LogP contribution in [0.3, 0.4) is 0 Å². The van der Waals surface area contributed by atoms with Crippen molar-refractivity contribution in [3.05, 3.63) is 0 Å². The van der Waals surface area contributed by atoms with E-state index in [1.165, 1.54) is 19.3 Å². The van der Waals surface area contributed by atoms with Gasteiger partial charge in [-0.2, -0.15) is 11.8 Å². The van der Waals surface area contributed by atoms with Gasteiger partial charge in [-0.25, -0.2) is 4.79 Å². The molecule has 0 spiro atoms. The number of nitrogens with one attached hydrogen (secondary N) is 2. The zero-order chi connectivity index (χ0) is 9.26. The number of unbranched alkanes of at least 4 members (excludes halogenated alkanes) is 1. The molecule has 4 heteroatoms. The van der Waals surface area contributed by atoms with E-state index >= 15 is 0 Å². The van der Waals surface area contributed by atoms with Crippen molar-refractivity contribution in [1.82, 2.24) is 10.6 Å². The zero-order valence-corrected chi connectivity index (χ0v) is 8.69. The highest BCUT2D eigenvalue weighted by Crippen LogP contribution is 2.32. The van der Waals surface area contributed by atoms with Crippen LogP contribution in [-0.4, -0.2) is 29.1 Å². The fourth-order valence-corrected chi connectivity index (χ4v) is 3.59. The number of urea groups is 1. The number of amides is 2. The van der Waals surface area contributed by atoms with Crippen molar-refractivity contribution < 1.29 is 4.79 Å². The number of fused-ring (bicyclic) bond motifs is 1. The Morgan fingerprint density at radius 3 is 3.15 bits per heavy atom. The molecule has 0 saturated carbocycles. The van der Waals surface area contributed by atoms with Crippen molar-refractivity contribution in [2.24, 2.45) is 0 Å². The standard InChI is InChI=1S/C9H16N2OS/c1-2-3-4-7-8-6(5-13-7)10-9(12)11-8/h6-8H,2-5H2,1H3,(H2,10,11,12)/t6?,7-,8?/m0/s1. The smallest absolute Gasteiger partial charge is 0.315 e. The first-order chi connectivity index (χ1) is 6.31. The van der Waals surface area contributed by atoms with Crippen LogP contribution in [0.25, 0.3) is 0 Å². The second kappa shape index (κ2) is 3.78. The summed E-state index contributed by atoms with van der Waals surface area (Å²) in [5.41, 5.74) is 0. The molecular formula is C9H16N2OS. The predicted molar refractivity (Wildman–Crippen MR) is 55.0 cm³/mol. The normalized spacial score (nSPS) is 37.0. The van der Waals surface area contributed by atoms with Crippen LogP contribution in [0.15, 0.2) is 0 Å². The lowest BCUT2D eigenvalue weighted by Crippen LogP contribution is -2.36. The maximum absolute atomic E-state index is 11.0. The lowest BCUT2D eigenvalue weighted by molar-refractivity contribution is 0.247. The van der Waals surface area contributed by atoms with Crippen molar-refractivity contribution >= 4 is 17.8 Å². The number of rotatable bonds is 3. The fourth-order valence-electron chi connectivity index (χ4n) is 2.05. The third kappa shape index (κ3) is 1.77. The Balaban J connectivity index is 1.89. The molecule has 0 radical (unpaired) electrons. The van der Waals surface area contributed by atoms with Gasteiger partial charge < -0.3 is 10.6 Å². The minimum atomic E-state index is 0.0248. The van der Waals surface area contributed by atoms with Crippen molar-refractivity contribution in [2.75, 3.05) is 5.75 Å². The van der Waals surface area contributed by atoms with E-state index in [9.17, 15) is 4.79 Å². The average molecular weight is 200 g/mol. The summed E-state index contributed by atoms with van der Waals surface area (Å²) < 4.78 is 0. The monoisotopic (exact) mass is 200 g/mol. The van der Waals surface area contributed by atoms with Crippen molar-refractivity contribution in [2.45, 2.75) is 43.5 Å². The first-order valence-electron chi connectivity index (χ1n) is 5.00. The lowest BCUT2D eigenvalue weighted by Gasteiger charge is -2.15. The van der Waals surface area contributed by atoms with Crippen molar-refractivity contribution in [3.63, 3.8) is 0 Å². The molecule has 2 N–H and O–H groups in total. The highest BCUT2D eigenvalue weighted by Gasteiger charge is 2.42. The second-order valence-electron chi connectivity index (χ2n) is 3.76. The molecular weight excluding hydrogens is 184 g/mol. The van der Waals surface area contributed by atoms with Gasteiger partial charge in [0.25, 0.3) is 0 Å². The van der Waals surface area contributed by atoms with Gasteiger partial charge >= 0.3 is 6.03 Å². The van der Waals surface area contributed by atoms with Crippen LogP contribution >= 0.6 is 11.8 Å². The van der Waals surface area contributed by atoms with Gasteiger partial charge in [0, 0.05) is 11.0 Å². The highest BCUT2D eigenvalue weighted by molar-refractivity contribution is 8.00. The maximum Gasteiger partial charge on any atom is 0.315 e. The van der Waals surface area contributed by atoms with E-state index in [1.54, 1.807) is 0 Å². The Hall–Kier alpha value is -0.380. The number of thioether (sulfide) groups is 1. The maximum atomic E-state index is 11.0. The molecule has 3 nitrogen and oxygen atoms in total. The molecule has 2 fully saturated rings. The molecule has 2 unspecified atom stereocenters. The topological polar surface area (TPSA) is 41.1 Å². The summed E-state index contributed by atoms with van der Waals surface area (Å²) in [5.74, 6) is 1.08. The van der Waals surface area contributed by atoms with Gasteiger partial charge in [0.05, 0.1) is 12.1 Å². The molecule has 2 amide bonds.